The second kappa shape index (κ2) is 9.60. The second-order valence-corrected chi connectivity index (χ2v) is 7.32. The summed E-state index contributed by atoms with van der Waals surface area (Å²) in [4.78, 5) is 15.2. The molecule has 0 atom stereocenters. The largest absolute Gasteiger partial charge is 0.422 e. The van der Waals surface area contributed by atoms with Crippen molar-refractivity contribution in [1.82, 2.24) is 4.90 Å². The highest BCUT2D eigenvalue weighted by Gasteiger charge is 2.21. The fourth-order valence-electron chi connectivity index (χ4n) is 2.70. The van der Waals surface area contributed by atoms with Gasteiger partial charge in [0.05, 0.1) is 18.8 Å². The quantitative estimate of drug-likeness (QED) is 0.228. The van der Waals surface area contributed by atoms with Gasteiger partial charge in [-0.25, -0.2) is 4.79 Å². The van der Waals surface area contributed by atoms with Gasteiger partial charge in [-0.05, 0) is 29.8 Å². The molecule has 2 aromatic rings. The minimum absolute atomic E-state index is 0.0858. The molecule has 5 nitrogen and oxygen atoms in total. The highest BCUT2D eigenvalue weighted by atomic mass is 79.9. The Balaban J connectivity index is 1.85. The summed E-state index contributed by atoms with van der Waals surface area (Å²) in [5.41, 5.74) is 1.28. The van der Waals surface area contributed by atoms with Crippen molar-refractivity contribution in [3.05, 3.63) is 69.7 Å². The van der Waals surface area contributed by atoms with Gasteiger partial charge in [-0.1, -0.05) is 58.5 Å². The molecule has 0 saturated carbocycles. The van der Waals surface area contributed by atoms with Gasteiger partial charge >= 0.3 is 5.97 Å². The number of halogens is 1. The molecule has 0 aliphatic carbocycles. The third-order valence-electron chi connectivity index (χ3n) is 4.12. The first kappa shape index (κ1) is 20.2. The Labute approximate surface area is 177 Å². The lowest BCUT2D eigenvalue weighted by Gasteiger charge is -2.29. The monoisotopic (exact) mass is 456 g/mol. The maximum atomic E-state index is 12.6. The molecule has 1 aliphatic heterocycles. The molecule has 0 amide bonds. The number of hydrogen-bond acceptors (Lipinski definition) is 5. The molecule has 1 aliphatic rings. The van der Waals surface area contributed by atoms with E-state index in [1.165, 1.54) is 6.08 Å². The molecule has 0 spiro atoms. The van der Waals surface area contributed by atoms with Crippen molar-refractivity contribution < 1.29 is 14.3 Å². The zero-order chi connectivity index (χ0) is 19.9. The number of thiocarbonyl (C=S) groups is 1. The van der Waals surface area contributed by atoms with E-state index in [0.29, 0.717) is 42.6 Å². The van der Waals surface area contributed by atoms with Crippen LogP contribution in [0.25, 0.3) is 6.08 Å². The topological polar surface area (TPSA) is 62.6 Å². The molecule has 142 valence electrons. The number of hydrogen-bond donors (Lipinski definition) is 0. The van der Waals surface area contributed by atoms with Crippen molar-refractivity contribution >= 4 is 45.2 Å². The SMILES string of the molecule is N#C/C(=C\c1ccccc1)C(=O)Oc1ccc(Br)cc1C(=S)N1CCOCC1. The second-order valence-electron chi connectivity index (χ2n) is 6.02. The molecule has 0 aromatic heterocycles. The van der Waals surface area contributed by atoms with Gasteiger partial charge in [-0.15, -0.1) is 0 Å². The zero-order valence-electron chi connectivity index (χ0n) is 14.9. The number of benzene rings is 2. The number of morpholine rings is 1. The van der Waals surface area contributed by atoms with Crippen molar-refractivity contribution in [2.45, 2.75) is 0 Å². The number of ether oxygens (including phenoxy) is 2. The van der Waals surface area contributed by atoms with E-state index in [1.807, 2.05) is 47.4 Å². The van der Waals surface area contributed by atoms with Gasteiger partial charge in [0.25, 0.3) is 0 Å². The minimum Gasteiger partial charge on any atom is -0.422 e. The lowest BCUT2D eigenvalue weighted by molar-refractivity contribution is -0.129. The molecule has 0 radical (unpaired) electrons. The third kappa shape index (κ3) is 5.04. The number of carbonyl (C=O) groups excluding carboxylic acids is 1. The van der Waals surface area contributed by atoms with Crippen LogP contribution in [0, 0.1) is 11.3 Å². The summed E-state index contributed by atoms with van der Waals surface area (Å²) in [6, 6.07) is 16.3. The van der Waals surface area contributed by atoms with E-state index in [-0.39, 0.29) is 5.57 Å². The van der Waals surface area contributed by atoms with E-state index >= 15 is 0 Å². The van der Waals surface area contributed by atoms with Gasteiger partial charge < -0.3 is 14.4 Å². The van der Waals surface area contributed by atoms with Crippen LogP contribution in [0.2, 0.25) is 0 Å². The fourth-order valence-corrected chi connectivity index (χ4v) is 3.41. The predicted octanol–water partition coefficient (Wildman–Crippen LogP) is 3.97. The molecule has 1 fully saturated rings. The third-order valence-corrected chi connectivity index (χ3v) is 5.10. The Morgan fingerprint density at radius 2 is 1.93 bits per heavy atom. The van der Waals surface area contributed by atoms with Crippen molar-refractivity contribution in [1.29, 1.82) is 5.26 Å². The number of nitriles is 1. The van der Waals surface area contributed by atoms with Gasteiger partial charge in [-0.2, -0.15) is 5.26 Å². The Hall–Kier alpha value is -2.53. The fraction of sp³-hybridized carbons (Fsp3) is 0.190. The maximum absolute atomic E-state index is 12.6. The molecular weight excluding hydrogens is 440 g/mol. The zero-order valence-corrected chi connectivity index (χ0v) is 17.3. The summed E-state index contributed by atoms with van der Waals surface area (Å²) in [7, 11) is 0. The van der Waals surface area contributed by atoms with Crippen molar-refractivity contribution in [2.24, 2.45) is 0 Å². The summed E-state index contributed by atoms with van der Waals surface area (Å²) in [6.07, 6.45) is 1.50. The number of carbonyl (C=O) groups is 1. The summed E-state index contributed by atoms with van der Waals surface area (Å²) in [5.74, 6) is -0.404. The van der Waals surface area contributed by atoms with Crippen LogP contribution in [-0.4, -0.2) is 42.2 Å². The Morgan fingerprint density at radius 1 is 1.21 bits per heavy atom. The number of esters is 1. The molecule has 7 heteroatoms. The van der Waals surface area contributed by atoms with Gasteiger partial charge in [0.1, 0.15) is 22.4 Å². The first-order chi connectivity index (χ1) is 13.6. The highest BCUT2D eigenvalue weighted by molar-refractivity contribution is 9.10. The van der Waals surface area contributed by atoms with E-state index < -0.39 is 5.97 Å². The molecular formula is C21H17BrN2O3S. The summed E-state index contributed by atoms with van der Waals surface area (Å²) >= 11 is 9.05. The molecule has 1 heterocycles. The minimum atomic E-state index is -0.722. The van der Waals surface area contributed by atoms with E-state index in [1.54, 1.807) is 12.1 Å². The predicted molar refractivity (Wildman–Crippen MR) is 114 cm³/mol. The smallest absolute Gasteiger partial charge is 0.354 e. The van der Waals surface area contributed by atoms with Crippen molar-refractivity contribution in [2.75, 3.05) is 26.3 Å². The van der Waals surface area contributed by atoms with Crippen molar-refractivity contribution in [3.8, 4) is 11.8 Å². The Kier molecular flexibility index (Phi) is 6.93. The standard InChI is InChI=1S/C21H17BrN2O3S/c22-17-6-7-19(18(13-17)20(28)24-8-10-26-11-9-24)27-21(25)16(14-23)12-15-4-2-1-3-5-15/h1-7,12-13H,8-11H2/b16-12+. The Morgan fingerprint density at radius 3 is 2.61 bits per heavy atom. The van der Waals surface area contributed by atoms with E-state index in [0.717, 1.165) is 10.0 Å². The van der Waals surface area contributed by atoms with Crippen LogP contribution in [0.1, 0.15) is 11.1 Å². The van der Waals surface area contributed by atoms with Crippen LogP contribution in [0.3, 0.4) is 0 Å². The lowest BCUT2D eigenvalue weighted by Crippen LogP contribution is -2.40. The van der Waals surface area contributed by atoms with Gasteiger partial charge in [0, 0.05) is 17.6 Å². The molecule has 0 bridgehead atoms. The van der Waals surface area contributed by atoms with Crippen LogP contribution in [-0.2, 0) is 9.53 Å². The number of nitrogens with zero attached hydrogens (tertiary/aromatic N) is 2. The number of rotatable bonds is 4. The summed E-state index contributed by atoms with van der Waals surface area (Å²) in [6.45, 7) is 2.55. The first-order valence-electron chi connectivity index (χ1n) is 8.64. The van der Waals surface area contributed by atoms with Gasteiger partial charge in [0.2, 0.25) is 0 Å². The van der Waals surface area contributed by atoms with Crippen LogP contribution in [0.15, 0.2) is 58.6 Å². The van der Waals surface area contributed by atoms with Gasteiger partial charge in [0.15, 0.2) is 0 Å². The summed E-state index contributed by atoms with van der Waals surface area (Å²) in [5, 5.41) is 9.39. The van der Waals surface area contributed by atoms with Crippen molar-refractivity contribution in [3.63, 3.8) is 0 Å². The average molecular weight is 457 g/mol. The first-order valence-corrected chi connectivity index (χ1v) is 9.84. The van der Waals surface area contributed by atoms with Crippen LogP contribution in [0.4, 0.5) is 0 Å². The molecule has 3 rings (SSSR count). The summed E-state index contributed by atoms with van der Waals surface area (Å²) < 4.78 is 11.7. The highest BCUT2D eigenvalue weighted by Crippen LogP contribution is 2.26. The molecule has 1 saturated heterocycles. The lowest BCUT2D eigenvalue weighted by atomic mass is 10.1. The molecule has 28 heavy (non-hydrogen) atoms. The normalized spacial score (nSPS) is 14.3. The average Bonchev–Trinajstić information content (AvgIpc) is 2.74. The van der Waals surface area contributed by atoms with Crippen LogP contribution in [0.5, 0.6) is 5.75 Å². The van der Waals surface area contributed by atoms with E-state index in [9.17, 15) is 10.1 Å². The molecule has 2 aromatic carbocycles. The van der Waals surface area contributed by atoms with Gasteiger partial charge in [-0.3, -0.25) is 0 Å². The van der Waals surface area contributed by atoms with Crippen LogP contribution < -0.4 is 4.74 Å². The molecule has 0 N–H and O–H groups in total. The van der Waals surface area contributed by atoms with E-state index in [2.05, 4.69) is 15.9 Å². The van der Waals surface area contributed by atoms with Crippen LogP contribution >= 0.6 is 28.1 Å². The molecule has 0 unspecified atom stereocenters. The maximum Gasteiger partial charge on any atom is 0.354 e. The Bertz CT molecular complexity index is 948. The van der Waals surface area contributed by atoms with E-state index in [4.69, 9.17) is 21.7 Å².